The first kappa shape index (κ1) is 26.5. The maximum absolute atomic E-state index is 13.0. The van der Waals surface area contributed by atoms with Crippen molar-refractivity contribution in [1.29, 1.82) is 0 Å². The Kier molecular flexibility index (Phi) is 6.02. The monoisotopic (exact) mass is 496 g/mol. The van der Waals surface area contributed by atoms with Gasteiger partial charge in [0.2, 0.25) is 0 Å². The summed E-state index contributed by atoms with van der Waals surface area (Å²) in [5.74, 6) is 1.42. The number of carbonyl (C=O) groups is 1. The van der Waals surface area contributed by atoms with Crippen LogP contribution in [0.2, 0.25) is 0 Å². The topological polar surface area (TPSA) is 41.6 Å². The van der Waals surface area contributed by atoms with Crippen molar-refractivity contribution in [1.82, 2.24) is 10.2 Å². The van der Waals surface area contributed by atoms with Gasteiger partial charge in [-0.1, -0.05) is 45.9 Å². The van der Waals surface area contributed by atoms with Crippen LogP contribution in [0.25, 0.3) is 0 Å². The Morgan fingerprint density at radius 1 is 1.06 bits per heavy atom. The van der Waals surface area contributed by atoms with Crippen molar-refractivity contribution in [2.24, 2.45) is 44.8 Å². The molecule has 1 N–H and O–H groups in total. The van der Waals surface area contributed by atoms with Crippen molar-refractivity contribution in [3.63, 3.8) is 0 Å². The van der Waals surface area contributed by atoms with Crippen LogP contribution in [0.3, 0.4) is 0 Å². The number of nitrogens with one attached hydrogen (secondary N) is 1. The predicted molar refractivity (Wildman–Crippen MR) is 147 cm³/mol. The fraction of sp³-hybridized carbons (Fsp3) is 0.844. The van der Waals surface area contributed by atoms with Crippen LogP contribution < -0.4 is 5.32 Å². The van der Waals surface area contributed by atoms with Crippen LogP contribution in [0.5, 0.6) is 0 Å². The molecule has 0 heterocycles. The molecular weight excluding hydrogens is 444 g/mol. The van der Waals surface area contributed by atoms with Gasteiger partial charge in [-0.15, -0.1) is 0 Å². The van der Waals surface area contributed by atoms with Gasteiger partial charge in [0.25, 0.3) is 0 Å². The third-order valence-electron chi connectivity index (χ3n) is 13.2. The van der Waals surface area contributed by atoms with Gasteiger partial charge < -0.3 is 15.0 Å². The highest BCUT2D eigenvalue weighted by molar-refractivity contribution is 5.87. The van der Waals surface area contributed by atoms with Crippen LogP contribution in [0.15, 0.2) is 23.8 Å². The van der Waals surface area contributed by atoms with Gasteiger partial charge in [0.15, 0.2) is 0 Å². The van der Waals surface area contributed by atoms with Crippen LogP contribution in [0.4, 0.5) is 0 Å². The molecule has 0 bridgehead atoms. The zero-order valence-corrected chi connectivity index (χ0v) is 24.7. The molecule has 0 radical (unpaired) electrons. The molecular formula is C32H52N2O2. The molecule has 5 aliphatic carbocycles. The molecule has 4 nitrogen and oxygen atoms in total. The molecule has 0 aromatic heterocycles. The molecule has 0 aromatic carbocycles. The Labute approximate surface area is 220 Å². The molecule has 5 aliphatic rings. The van der Waals surface area contributed by atoms with E-state index in [0.29, 0.717) is 46.2 Å². The fourth-order valence-electron chi connectivity index (χ4n) is 11.1. The van der Waals surface area contributed by atoms with Crippen LogP contribution in [-0.2, 0) is 9.53 Å². The summed E-state index contributed by atoms with van der Waals surface area (Å²) in [7, 11) is 6.61. The van der Waals surface area contributed by atoms with E-state index in [-0.39, 0.29) is 28.3 Å². The number of rotatable bonds is 5. The lowest BCUT2D eigenvalue weighted by Gasteiger charge is -2.61. The largest absolute Gasteiger partial charge is 0.459 e. The van der Waals surface area contributed by atoms with E-state index < -0.39 is 0 Å². The van der Waals surface area contributed by atoms with E-state index >= 15 is 0 Å². The molecule has 36 heavy (non-hydrogen) atoms. The molecule has 202 valence electrons. The second-order valence-electron chi connectivity index (χ2n) is 14.7. The summed E-state index contributed by atoms with van der Waals surface area (Å²) < 4.78 is 6.35. The number of hydrogen-bond acceptors (Lipinski definition) is 4. The van der Waals surface area contributed by atoms with Crippen molar-refractivity contribution in [2.75, 3.05) is 21.1 Å². The lowest BCUT2D eigenvalue weighted by Crippen LogP contribution is -2.58. The number of ether oxygens (including phenoxy) is 1. The Hall–Kier alpha value is -1.13. The second-order valence-corrected chi connectivity index (χ2v) is 14.7. The van der Waals surface area contributed by atoms with E-state index in [1.54, 1.807) is 0 Å². The van der Waals surface area contributed by atoms with Gasteiger partial charge in [-0.05, 0) is 119 Å². The standard InChI is InChI=1S/C32H52N2O2/c1-11-20(2)27(35)36-22-18-30(7)24-13-12-23-28(4,5)25(34(9)10)14-15-31(23)19-32(24,31)17-16-29(30,6)26(22)21(3)33-8/h11-13,21-26,33H,14-19H2,1-10H3. The van der Waals surface area contributed by atoms with E-state index in [4.69, 9.17) is 4.74 Å². The maximum atomic E-state index is 13.0. The Balaban J connectivity index is 1.54. The van der Waals surface area contributed by atoms with Crippen LogP contribution in [0, 0.1) is 44.8 Å². The van der Waals surface area contributed by atoms with Gasteiger partial charge in [-0.25, -0.2) is 4.79 Å². The summed E-state index contributed by atoms with van der Waals surface area (Å²) >= 11 is 0. The zero-order valence-electron chi connectivity index (χ0n) is 24.7. The molecule has 0 aromatic rings. The van der Waals surface area contributed by atoms with Gasteiger partial charge in [0.1, 0.15) is 6.10 Å². The van der Waals surface area contributed by atoms with Gasteiger partial charge in [-0.3, -0.25) is 0 Å². The van der Waals surface area contributed by atoms with Crippen LogP contribution in [-0.4, -0.2) is 50.2 Å². The minimum Gasteiger partial charge on any atom is -0.459 e. The number of fused-ring (bicyclic) bond motifs is 2. The third kappa shape index (κ3) is 3.09. The molecule has 10 unspecified atom stereocenters. The van der Waals surface area contributed by atoms with E-state index in [1.807, 2.05) is 19.9 Å². The molecule has 0 saturated heterocycles. The number of allylic oxidation sites excluding steroid dienone is 3. The summed E-state index contributed by atoms with van der Waals surface area (Å²) in [5.41, 5.74) is 2.17. The first-order chi connectivity index (χ1) is 16.8. The Bertz CT molecular complexity index is 983. The lowest BCUT2D eigenvalue weighted by atomic mass is 9.43. The molecule has 4 fully saturated rings. The van der Waals surface area contributed by atoms with Crippen molar-refractivity contribution in [3.8, 4) is 0 Å². The van der Waals surface area contributed by atoms with Crippen molar-refractivity contribution in [3.05, 3.63) is 23.8 Å². The van der Waals surface area contributed by atoms with Crippen molar-refractivity contribution < 1.29 is 9.53 Å². The smallest absolute Gasteiger partial charge is 0.333 e. The van der Waals surface area contributed by atoms with Gasteiger partial charge in [-0.2, -0.15) is 0 Å². The van der Waals surface area contributed by atoms with Crippen molar-refractivity contribution >= 4 is 5.97 Å². The normalized spacial score (nSPS) is 49.5. The summed E-state index contributed by atoms with van der Waals surface area (Å²) in [5, 5.41) is 3.56. The van der Waals surface area contributed by atoms with Gasteiger partial charge >= 0.3 is 5.97 Å². The Morgan fingerprint density at radius 3 is 2.31 bits per heavy atom. The lowest BCUT2D eigenvalue weighted by molar-refractivity contribution is -0.147. The molecule has 4 saturated carbocycles. The van der Waals surface area contributed by atoms with E-state index in [0.717, 1.165) is 6.42 Å². The molecule has 2 spiro atoms. The van der Waals surface area contributed by atoms with E-state index in [9.17, 15) is 4.79 Å². The minimum absolute atomic E-state index is 0.0401. The quantitative estimate of drug-likeness (QED) is 0.278. The Morgan fingerprint density at radius 2 is 1.69 bits per heavy atom. The van der Waals surface area contributed by atoms with Crippen LogP contribution in [0.1, 0.15) is 87.0 Å². The van der Waals surface area contributed by atoms with Crippen molar-refractivity contribution in [2.45, 2.75) is 105 Å². The number of nitrogens with zero attached hydrogens (tertiary/aromatic N) is 1. The molecule has 0 aliphatic heterocycles. The second kappa shape index (κ2) is 8.18. The summed E-state index contributed by atoms with van der Waals surface area (Å²) in [6, 6.07) is 0.944. The number of carbonyl (C=O) groups excluding carboxylic acids is 1. The van der Waals surface area contributed by atoms with E-state index in [2.05, 4.69) is 78.1 Å². The molecule has 5 rings (SSSR count). The van der Waals surface area contributed by atoms with Gasteiger partial charge in [0, 0.05) is 23.6 Å². The van der Waals surface area contributed by atoms with E-state index in [1.165, 1.54) is 32.1 Å². The molecule has 4 heteroatoms. The molecule has 0 amide bonds. The average molecular weight is 497 g/mol. The molecule has 10 atom stereocenters. The highest BCUT2D eigenvalue weighted by atomic mass is 16.5. The maximum Gasteiger partial charge on any atom is 0.333 e. The zero-order chi connectivity index (χ0) is 26.5. The summed E-state index contributed by atoms with van der Waals surface area (Å²) in [6.07, 6.45) is 14.8. The van der Waals surface area contributed by atoms with Gasteiger partial charge in [0.05, 0.1) is 0 Å². The number of hydrogen-bond donors (Lipinski definition) is 1. The summed E-state index contributed by atoms with van der Waals surface area (Å²) in [4.78, 5) is 15.4. The highest BCUT2D eigenvalue weighted by Gasteiger charge is 2.82. The first-order valence-electron chi connectivity index (χ1n) is 14.6. The minimum atomic E-state index is -0.137. The highest BCUT2D eigenvalue weighted by Crippen LogP contribution is 2.87. The summed E-state index contributed by atoms with van der Waals surface area (Å²) in [6.45, 7) is 16.3. The predicted octanol–water partition coefficient (Wildman–Crippen LogP) is 6.23. The van der Waals surface area contributed by atoms with Crippen LogP contribution >= 0.6 is 0 Å². The third-order valence-corrected chi connectivity index (χ3v) is 13.2. The average Bonchev–Trinajstić information content (AvgIpc) is 3.41. The number of esters is 1. The first-order valence-corrected chi connectivity index (χ1v) is 14.6. The fourth-order valence-corrected chi connectivity index (χ4v) is 11.1. The SMILES string of the molecule is CC=C(C)C(=O)OC1CC2(C)C3C=CC4C(C)(C)C(N(C)C)CCC45CC35CCC2(C)C1C(C)NC.